The summed E-state index contributed by atoms with van der Waals surface area (Å²) >= 11 is 1.82. The van der Waals surface area contributed by atoms with Gasteiger partial charge in [-0.25, -0.2) is 9.97 Å². The Morgan fingerprint density at radius 3 is 1.75 bits per heavy atom. The minimum atomic E-state index is 0.635. The fraction of sp³-hybridized carbons (Fsp3) is 0. The Morgan fingerprint density at radius 1 is 0.343 bits per heavy atom. The zero-order valence-electron chi connectivity index (χ0n) is 36.0. The Labute approximate surface area is 389 Å². The minimum absolute atomic E-state index is 0.635. The number of rotatable bonds is 6. The Hall–Kier alpha value is -8.71. The molecule has 14 aromatic rings. The molecule has 6 heteroatoms. The van der Waals surface area contributed by atoms with E-state index in [9.17, 15) is 0 Å². The molecule has 9 aromatic carbocycles. The van der Waals surface area contributed by atoms with Crippen molar-refractivity contribution in [2.75, 3.05) is 0 Å². The molecule has 0 atom stereocenters. The van der Waals surface area contributed by atoms with Crippen molar-refractivity contribution in [2.24, 2.45) is 0 Å². The molecule has 0 unspecified atom stereocenters. The van der Waals surface area contributed by atoms with Crippen LogP contribution in [0, 0.1) is 0 Å². The van der Waals surface area contributed by atoms with Gasteiger partial charge in [-0.1, -0.05) is 140 Å². The molecule has 0 aliphatic heterocycles. The summed E-state index contributed by atoms with van der Waals surface area (Å²) in [7, 11) is 0. The zero-order chi connectivity index (χ0) is 44.0. The average molecular weight is 872 g/mol. The highest BCUT2D eigenvalue weighted by Crippen LogP contribution is 2.42. The Morgan fingerprint density at radius 2 is 0.970 bits per heavy atom. The van der Waals surface area contributed by atoms with Gasteiger partial charge in [0.25, 0.3) is 0 Å². The predicted molar refractivity (Wildman–Crippen MR) is 281 cm³/mol. The predicted octanol–water partition coefficient (Wildman–Crippen LogP) is 16.3. The normalized spacial score (nSPS) is 11.9. The van der Waals surface area contributed by atoms with Gasteiger partial charge in [-0.05, 0) is 106 Å². The van der Waals surface area contributed by atoms with Crippen LogP contribution in [0.3, 0.4) is 0 Å². The van der Waals surface area contributed by atoms with Crippen LogP contribution in [0.1, 0.15) is 0 Å². The van der Waals surface area contributed by atoms with Crippen LogP contribution in [0.25, 0.3) is 131 Å². The van der Waals surface area contributed by atoms with Crippen molar-refractivity contribution in [1.82, 2.24) is 24.1 Å². The van der Waals surface area contributed by atoms with E-state index in [2.05, 4.69) is 214 Å². The minimum Gasteiger partial charge on any atom is -0.309 e. The van der Waals surface area contributed by atoms with E-state index < -0.39 is 0 Å². The van der Waals surface area contributed by atoms with Gasteiger partial charge in [-0.15, -0.1) is 11.3 Å². The number of pyridine rings is 1. The van der Waals surface area contributed by atoms with Gasteiger partial charge in [-0.2, -0.15) is 0 Å². The first kappa shape index (κ1) is 37.6. The van der Waals surface area contributed by atoms with Crippen molar-refractivity contribution in [3.63, 3.8) is 0 Å². The largest absolute Gasteiger partial charge is 0.309 e. The van der Waals surface area contributed by atoms with Gasteiger partial charge in [0, 0.05) is 70.9 Å². The Kier molecular flexibility index (Phi) is 8.38. The highest BCUT2D eigenvalue weighted by molar-refractivity contribution is 7.25. The highest BCUT2D eigenvalue weighted by atomic mass is 32.1. The smallest absolute Gasteiger partial charge is 0.235 e. The highest BCUT2D eigenvalue weighted by Gasteiger charge is 2.20. The van der Waals surface area contributed by atoms with E-state index in [-0.39, 0.29) is 0 Å². The van der Waals surface area contributed by atoms with Crippen LogP contribution in [-0.2, 0) is 0 Å². The lowest BCUT2D eigenvalue weighted by molar-refractivity contribution is 0.996. The van der Waals surface area contributed by atoms with Crippen LogP contribution < -0.4 is 0 Å². The van der Waals surface area contributed by atoms with E-state index in [1.165, 1.54) is 63.9 Å². The molecular formula is C61H37N5S. The average Bonchev–Trinajstić information content (AvgIpc) is 4.05. The van der Waals surface area contributed by atoms with Crippen molar-refractivity contribution in [2.45, 2.75) is 0 Å². The fourth-order valence-corrected chi connectivity index (χ4v) is 11.3. The van der Waals surface area contributed by atoms with Crippen LogP contribution in [-0.4, -0.2) is 24.1 Å². The van der Waals surface area contributed by atoms with Crippen LogP contribution in [0.5, 0.6) is 0 Å². The summed E-state index contributed by atoms with van der Waals surface area (Å²) in [4.78, 5) is 15.1. The molecule has 0 fully saturated rings. The van der Waals surface area contributed by atoms with E-state index >= 15 is 0 Å². The van der Waals surface area contributed by atoms with E-state index in [1.54, 1.807) is 0 Å². The molecular weight excluding hydrogens is 835 g/mol. The third kappa shape index (κ3) is 6.04. The number of thiophene rings is 1. The third-order valence-electron chi connectivity index (χ3n) is 13.4. The SMILES string of the molecule is c1ccc(-c2cc(-c3ccccc3)nc(-n3c4ccccc4c4ccc(-c5cc(-c6ccc7c(c6)c6ccccc6n7-c6ccc7sc8ccncc8c7c6)c6ccccc6c5)cc43)n2)cc1. The second-order valence-corrected chi connectivity index (χ2v) is 18.3. The molecule has 0 bridgehead atoms. The van der Waals surface area contributed by atoms with Gasteiger partial charge >= 0.3 is 0 Å². The summed E-state index contributed by atoms with van der Waals surface area (Å²) in [5.74, 6) is 0.635. The molecule has 0 amide bonds. The van der Waals surface area contributed by atoms with Gasteiger partial charge in [0.05, 0.1) is 33.5 Å². The van der Waals surface area contributed by atoms with E-state index in [0.29, 0.717) is 5.95 Å². The molecule has 14 rings (SSSR count). The van der Waals surface area contributed by atoms with Gasteiger partial charge < -0.3 is 4.57 Å². The van der Waals surface area contributed by atoms with E-state index in [4.69, 9.17) is 9.97 Å². The summed E-state index contributed by atoms with van der Waals surface area (Å²) in [6.45, 7) is 0. The first-order valence-electron chi connectivity index (χ1n) is 22.6. The van der Waals surface area contributed by atoms with Crippen molar-refractivity contribution < 1.29 is 0 Å². The van der Waals surface area contributed by atoms with Crippen molar-refractivity contribution in [1.29, 1.82) is 0 Å². The molecule has 312 valence electrons. The second-order valence-electron chi connectivity index (χ2n) is 17.2. The maximum absolute atomic E-state index is 5.31. The maximum atomic E-state index is 5.31. The fourth-order valence-electron chi connectivity index (χ4n) is 10.3. The summed E-state index contributed by atoms with van der Waals surface area (Å²) in [5, 5.41) is 9.60. The van der Waals surface area contributed by atoms with Crippen LogP contribution in [0.4, 0.5) is 0 Å². The monoisotopic (exact) mass is 871 g/mol. The number of nitrogens with zero attached hydrogens (tertiary/aromatic N) is 5. The summed E-state index contributed by atoms with van der Waals surface area (Å²) in [5.41, 5.74) is 14.1. The van der Waals surface area contributed by atoms with Crippen LogP contribution >= 0.6 is 11.3 Å². The number of hydrogen-bond donors (Lipinski definition) is 0. The molecule has 0 saturated carbocycles. The summed E-state index contributed by atoms with van der Waals surface area (Å²) < 4.78 is 7.18. The number of fused-ring (bicyclic) bond motifs is 10. The summed E-state index contributed by atoms with van der Waals surface area (Å²) in [6, 6.07) is 76.6. The maximum Gasteiger partial charge on any atom is 0.235 e. The van der Waals surface area contributed by atoms with Gasteiger partial charge in [0.1, 0.15) is 0 Å². The van der Waals surface area contributed by atoms with Crippen LogP contribution in [0.2, 0.25) is 0 Å². The number of aromatic nitrogens is 5. The van der Waals surface area contributed by atoms with E-state index in [1.807, 2.05) is 35.9 Å². The molecule has 0 aliphatic carbocycles. The Balaban J connectivity index is 0.950. The standard InChI is InChI=1S/C61H37N5S/c1-3-13-38(14-4-1)53-36-54(39-15-5-2-6-16-39)64-61(63-53)66-56-22-12-9-19-46(56)48-26-23-40(34-58(48)66)43-31-41-17-7-8-18-45(41)49(33-43)42-24-27-57-50(32-42)47-20-10-11-21-55(47)65(57)44-25-28-59-51(35-44)52-37-62-30-29-60(52)67-59/h1-37H. The summed E-state index contributed by atoms with van der Waals surface area (Å²) in [6.07, 6.45) is 3.87. The van der Waals surface area contributed by atoms with Gasteiger partial charge in [0.15, 0.2) is 0 Å². The lowest BCUT2D eigenvalue weighted by atomic mass is 9.92. The zero-order valence-corrected chi connectivity index (χ0v) is 36.8. The third-order valence-corrected chi connectivity index (χ3v) is 14.6. The molecule has 0 radical (unpaired) electrons. The van der Waals surface area contributed by atoms with Crippen LogP contribution in [0.15, 0.2) is 225 Å². The quantitative estimate of drug-likeness (QED) is 0.167. The molecule has 5 heterocycles. The first-order chi connectivity index (χ1) is 33.2. The number of hydrogen-bond acceptors (Lipinski definition) is 4. The molecule has 0 saturated heterocycles. The molecule has 0 spiro atoms. The van der Waals surface area contributed by atoms with Crippen molar-refractivity contribution in [3.8, 4) is 56.4 Å². The van der Waals surface area contributed by atoms with Crippen molar-refractivity contribution in [3.05, 3.63) is 225 Å². The molecule has 0 aliphatic rings. The van der Waals surface area contributed by atoms with Gasteiger partial charge in [-0.3, -0.25) is 9.55 Å². The molecule has 5 aromatic heterocycles. The molecule has 5 nitrogen and oxygen atoms in total. The van der Waals surface area contributed by atoms with Gasteiger partial charge in [0.2, 0.25) is 5.95 Å². The topological polar surface area (TPSA) is 48.5 Å². The second kappa shape index (κ2) is 14.9. The first-order valence-corrected chi connectivity index (χ1v) is 23.4. The number of para-hydroxylation sites is 2. The van der Waals surface area contributed by atoms with E-state index in [0.717, 1.165) is 61.1 Å². The number of benzene rings is 9. The van der Waals surface area contributed by atoms with Crippen molar-refractivity contribution >= 4 is 85.9 Å². The molecule has 67 heavy (non-hydrogen) atoms. The lowest BCUT2D eigenvalue weighted by Crippen LogP contribution is -2.04. The molecule has 0 N–H and O–H groups in total. The lowest BCUT2D eigenvalue weighted by Gasteiger charge is -2.14. The Bertz CT molecular complexity index is 4220.